The van der Waals surface area contributed by atoms with E-state index in [4.69, 9.17) is 0 Å². The molecule has 0 unspecified atom stereocenters. The van der Waals surface area contributed by atoms with Crippen LogP contribution < -0.4 is 9.07 Å². The Labute approximate surface area is 131 Å². The van der Waals surface area contributed by atoms with E-state index < -0.39 is 37.5 Å². The molecule has 2 rings (SSSR count). The van der Waals surface area contributed by atoms with Crippen molar-refractivity contribution in [3.63, 3.8) is 0 Å². The molecule has 0 spiro atoms. The fourth-order valence-corrected chi connectivity index (χ4v) is 3.25. The molecule has 0 aliphatic heterocycles. The van der Waals surface area contributed by atoms with Gasteiger partial charge in [0, 0.05) is 0 Å². The Morgan fingerprint density at radius 3 is 1.91 bits per heavy atom. The van der Waals surface area contributed by atoms with Crippen LogP contribution in [0.1, 0.15) is 5.56 Å². The third kappa shape index (κ3) is 3.95. The van der Waals surface area contributed by atoms with Crippen LogP contribution in [0, 0.1) is 0 Å². The van der Waals surface area contributed by atoms with Gasteiger partial charge in [-0.2, -0.15) is 0 Å². The number of benzene rings is 2. The van der Waals surface area contributed by atoms with Crippen LogP contribution in [0.3, 0.4) is 0 Å². The molecule has 0 aromatic heterocycles. The number of hydrogen-bond donors (Lipinski definition) is 1. The van der Waals surface area contributed by atoms with E-state index in [-0.39, 0.29) is 10.6 Å². The van der Waals surface area contributed by atoms with E-state index in [1.54, 1.807) is 0 Å². The first-order chi connectivity index (χ1) is 10.2. The molecule has 0 fully saturated rings. The Morgan fingerprint density at radius 1 is 0.909 bits per heavy atom. The SMILES string of the molecule is O=[As]c1ccc(NS(=O)(=O)c2ccc(C(F)(F)F)cc2)cc1. The van der Waals surface area contributed by atoms with Crippen molar-refractivity contribution in [2.24, 2.45) is 0 Å². The second kappa shape index (κ2) is 6.22. The minimum atomic E-state index is -4.52. The summed E-state index contributed by atoms with van der Waals surface area (Å²) in [5.74, 6) is 0. The predicted molar refractivity (Wildman–Crippen MR) is 74.8 cm³/mol. The fraction of sp³-hybridized carbons (Fsp3) is 0.0769. The molecule has 4 nitrogen and oxygen atoms in total. The molecule has 0 saturated heterocycles. The Hall–Kier alpha value is -1.66. The van der Waals surface area contributed by atoms with Crippen molar-refractivity contribution in [3.8, 4) is 0 Å². The number of hydrogen-bond acceptors (Lipinski definition) is 3. The van der Waals surface area contributed by atoms with Gasteiger partial charge in [-0.15, -0.1) is 0 Å². The van der Waals surface area contributed by atoms with Crippen LogP contribution in [-0.4, -0.2) is 24.1 Å². The van der Waals surface area contributed by atoms with Crippen LogP contribution in [0.15, 0.2) is 53.4 Å². The normalized spacial score (nSPS) is 12.3. The molecule has 9 heteroatoms. The van der Waals surface area contributed by atoms with Crippen molar-refractivity contribution in [2.75, 3.05) is 4.72 Å². The molecule has 22 heavy (non-hydrogen) atoms. The van der Waals surface area contributed by atoms with Gasteiger partial charge in [-0.25, -0.2) is 0 Å². The van der Waals surface area contributed by atoms with Crippen molar-refractivity contribution in [1.82, 2.24) is 0 Å². The first-order valence-corrected chi connectivity index (χ1v) is 9.05. The summed E-state index contributed by atoms with van der Waals surface area (Å²) in [5, 5.41) is 0. The van der Waals surface area contributed by atoms with E-state index in [9.17, 15) is 25.3 Å². The van der Waals surface area contributed by atoms with Gasteiger partial charge >= 0.3 is 131 Å². The monoisotopic (exact) mass is 391 g/mol. The quantitative estimate of drug-likeness (QED) is 0.813. The molecule has 0 bridgehead atoms. The number of anilines is 1. The maximum absolute atomic E-state index is 12.4. The molecule has 0 aliphatic carbocycles. The van der Waals surface area contributed by atoms with Gasteiger partial charge in [-0.3, -0.25) is 0 Å². The summed E-state index contributed by atoms with van der Waals surface area (Å²) < 4.78 is 75.0. The molecule has 2 aromatic carbocycles. The summed E-state index contributed by atoms with van der Waals surface area (Å²) in [6.45, 7) is 0. The number of halogens is 3. The first-order valence-electron chi connectivity index (χ1n) is 5.86. The fourth-order valence-electron chi connectivity index (χ4n) is 1.63. The van der Waals surface area contributed by atoms with Crippen molar-refractivity contribution >= 4 is 35.8 Å². The van der Waals surface area contributed by atoms with Crippen molar-refractivity contribution in [2.45, 2.75) is 11.1 Å². The Morgan fingerprint density at radius 2 is 1.45 bits per heavy atom. The van der Waals surface area contributed by atoms with E-state index in [1.807, 2.05) is 0 Å². The summed E-state index contributed by atoms with van der Waals surface area (Å²) in [7, 11) is -3.98. The molecule has 0 radical (unpaired) electrons. The number of nitrogens with one attached hydrogen (secondary N) is 1. The number of sulfonamides is 1. The Balaban J connectivity index is 2.24. The Kier molecular flexibility index (Phi) is 4.72. The Bertz CT molecular complexity index is 772. The van der Waals surface area contributed by atoms with Crippen molar-refractivity contribution in [3.05, 3.63) is 54.1 Å². The van der Waals surface area contributed by atoms with Crippen LogP contribution in [0.2, 0.25) is 0 Å². The molecule has 0 atom stereocenters. The molecule has 0 aliphatic rings. The molecule has 0 amide bonds. The van der Waals surface area contributed by atoms with E-state index in [1.165, 1.54) is 24.3 Å². The van der Waals surface area contributed by atoms with Crippen LogP contribution >= 0.6 is 0 Å². The van der Waals surface area contributed by atoms with Gasteiger partial charge in [0.05, 0.1) is 0 Å². The first kappa shape index (κ1) is 16.7. The van der Waals surface area contributed by atoms with Gasteiger partial charge < -0.3 is 0 Å². The van der Waals surface area contributed by atoms with Crippen LogP contribution in [0.5, 0.6) is 0 Å². The molecule has 116 valence electrons. The number of alkyl halides is 3. The third-order valence-corrected chi connectivity index (χ3v) is 5.18. The van der Waals surface area contributed by atoms with Gasteiger partial charge in [0.15, 0.2) is 0 Å². The molecule has 2 aromatic rings. The van der Waals surface area contributed by atoms with Gasteiger partial charge in [-0.1, -0.05) is 0 Å². The summed E-state index contributed by atoms with van der Waals surface area (Å²) in [6, 6.07) is 9.09. The summed E-state index contributed by atoms with van der Waals surface area (Å²) in [4.78, 5) is -0.278. The zero-order chi connectivity index (χ0) is 16.4. The maximum atomic E-state index is 12.4. The van der Waals surface area contributed by atoms with E-state index in [0.29, 0.717) is 16.5 Å². The average Bonchev–Trinajstić information content (AvgIpc) is 2.47. The molecule has 0 saturated carbocycles. The summed E-state index contributed by atoms with van der Waals surface area (Å²) in [5.41, 5.74) is -0.687. The van der Waals surface area contributed by atoms with Gasteiger partial charge in [0.2, 0.25) is 0 Å². The van der Waals surface area contributed by atoms with Gasteiger partial charge in [-0.05, 0) is 0 Å². The van der Waals surface area contributed by atoms with E-state index >= 15 is 0 Å². The minimum absolute atomic E-state index is 0.235. The number of rotatable bonds is 4. The van der Waals surface area contributed by atoms with Crippen LogP contribution in [-0.2, 0) is 19.9 Å². The molecule has 0 heterocycles. The second-order valence-corrected chi connectivity index (χ2v) is 7.41. The van der Waals surface area contributed by atoms with Gasteiger partial charge in [0.25, 0.3) is 0 Å². The zero-order valence-electron chi connectivity index (χ0n) is 10.8. The molecular formula is C13H9AsF3NO3S. The average molecular weight is 391 g/mol. The molecule has 1 N–H and O–H groups in total. The van der Waals surface area contributed by atoms with Crippen LogP contribution in [0.4, 0.5) is 18.9 Å². The summed E-state index contributed by atoms with van der Waals surface area (Å²) in [6.07, 6.45) is -4.52. The topological polar surface area (TPSA) is 63.2 Å². The van der Waals surface area contributed by atoms with Gasteiger partial charge in [0.1, 0.15) is 0 Å². The third-order valence-electron chi connectivity index (χ3n) is 2.72. The molecular weight excluding hydrogens is 382 g/mol. The van der Waals surface area contributed by atoms with E-state index in [0.717, 1.165) is 12.1 Å². The van der Waals surface area contributed by atoms with Crippen molar-refractivity contribution < 1.29 is 25.3 Å². The standard InChI is InChI=1S/C13H9AsF3NO3S/c15-13(16,17)9-1-7-12(8-2-9)22(20,21)18-11-5-3-10(14-19)4-6-11/h1-8,18H. The van der Waals surface area contributed by atoms with E-state index in [2.05, 4.69) is 4.72 Å². The predicted octanol–water partition coefficient (Wildman–Crippen LogP) is 2.18. The van der Waals surface area contributed by atoms with Crippen LogP contribution in [0.25, 0.3) is 0 Å². The second-order valence-electron chi connectivity index (χ2n) is 4.27. The van der Waals surface area contributed by atoms with Crippen molar-refractivity contribution in [1.29, 1.82) is 0 Å². The zero-order valence-corrected chi connectivity index (χ0v) is 13.5. The summed E-state index contributed by atoms with van der Waals surface area (Å²) >= 11 is -1.20.